The lowest BCUT2D eigenvalue weighted by Crippen LogP contribution is -2.27. The molecule has 0 aliphatic carbocycles. The lowest BCUT2D eigenvalue weighted by atomic mass is 10.1. The quantitative estimate of drug-likeness (QED) is 0.917. The SMILES string of the molecule is Cc1cc(CN2CC(CN)CC2C)ccc1F.Cl. The van der Waals surface area contributed by atoms with E-state index in [0.717, 1.165) is 25.2 Å². The molecule has 0 amide bonds. The third kappa shape index (κ3) is 3.44. The minimum Gasteiger partial charge on any atom is -0.330 e. The predicted octanol–water partition coefficient (Wildman–Crippen LogP) is 2.73. The Bertz CT molecular complexity index is 397. The van der Waals surface area contributed by atoms with Crippen LogP contribution in [0.1, 0.15) is 24.5 Å². The van der Waals surface area contributed by atoms with Crippen molar-refractivity contribution in [2.24, 2.45) is 11.7 Å². The zero-order chi connectivity index (χ0) is 12.4. The Kier molecular flexibility index (Phi) is 5.57. The maximum atomic E-state index is 13.2. The van der Waals surface area contributed by atoms with Gasteiger partial charge in [0, 0.05) is 19.1 Å². The summed E-state index contributed by atoms with van der Waals surface area (Å²) in [6.07, 6.45) is 1.18. The zero-order valence-electron chi connectivity index (χ0n) is 11.0. The molecule has 2 N–H and O–H groups in total. The van der Waals surface area contributed by atoms with Gasteiger partial charge in [-0.15, -0.1) is 12.4 Å². The van der Waals surface area contributed by atoms with Crippen molar-refractivity contribution >= 4 is 12.4 Å². The van der Waals surface area contributed by atoms with Crippen LogP contribution in [0, 0.1) is 18.7 Å². The molecule has 2 rings (SSSR count). The van der Waals surface area contributed by atoms with E-state index >= 15 is 0 Å². The standard InChI is InChI=1S/C14H21FN2.ClH/c1-10-5-12(3-4-14(10)15)8-17-9-13(7-16)6-11(17)2;/h3-5,11,13H,6-9,16H2,1-2H3;1H. The van der Waals surface area contributed by atoms with Gasteiger partial charge in [0.15, 0.2) is 0 Å². The smallest absolute Gasteiger partial charge is 0.126 e. The number of hydrogen-bond donors (Lipinski definition) is 1. The van der Waals surface area contributed by atoms with Crippen LogP contribution >= 0.6 is 12.4 Å². The van der Waals surface area contributed by atoms with Crippen LogP contribution in [0.2, 0.25) is 0 Å². The second-order valence-electron chi connectivity index (χ2n) is 5.20. The maximum absolute atomic E-state index is 13.2. The van der Waals surface area contributed by atoms with Gasteiger partial charge < -0.3 is 5.73 Å². The van der Waals surface area contributed by atoms with Gasteiger partial charge in [-0.2, -0.15) is 0 Å². The van der Waals surface area contributed by atoms with Gasteiger partial charge in [-0.3, -0.25) is 4.90 Å². The molecule has 1 saturated heterocycles. The molecule has 2 unspecified atom stereocenters. The van der Waals surface area contributed by atoms with Gasteiger partial charge in [0.05, 0.1) is 0 Å². The Morgan fingerprint density at radius 2 is 2.17 bits per heavy atom. The summed E-state index contributed by atoms with van der Waals surface area (Å²) in [4.78, 5) is 2.43. The lowest BCUT2D eigenvalue weighted by Gasteiger charge is -2.21. The maximum Gasteiger partial charge on any atom is 0.126 e. The molecular weight excluding hydrogens is 251 g/mol. The first-order chi connectivity index (χ1) is 8.10. The Hall–Kier alpha value is -0.640. The Morgan fingerprint density at radius 1 is 1.44 bits per heavy atom. The van der Waals surface area contributed by atoms with Gasteiger partial charge in [-0.25, -0.2) is 4.39 Å². The average Bonchev–Trinajstić information content (AvgIpc) is 2.65. The van der Waals surface area contributed by atoms with Gasteiger partial charge in [0.1, 0.15) is 5.82 Å². The van der Waals surface area contributed by atoms with Crippen LogP contribution in [-0.2, 0) is 6.54 Å². The fourth-order valence-electron chi connectivity index (χ4n) is 2.65. The van der Waals surface area contributed by atoms with Crippen LogP contribution in [-0.4, -0.2) is 24.0 Å². The summed E-state index contributed by atoms with van der Waals surface area (Å²) in [6.45, 7) is 6.79. The van der Waals surface area contributed by atoms with Crippen molar-refractivity contribution in [3.8, 4) is 0 Å². The molecule has 18 heavy (non-hydrogen) atoms. The Morgan fingerprint density at radius 3 is 2.72 bits per heavy atom. The molecule has 0 radical (unpaired) electrons. The van der Waals surface area contributed by atoms with E-state index in [1.807, 2.05) is 19.1 Å². The molecule has 1 fully saturated rings. The highest BCUT2D eigenvalue weighted by atomic mass is 35.5. The van der Waals surface area contributed by atoms with Crippen LogP contribution in [0.3, 0.4) is 0 Å². The monoisotopic (exact) mass is 272 g/mol. The van der Waals surface area contributed by atoms with Gasteiger partial charge in [-0.1, -0.05) is 12.1 Å². The largest absolute Gasteiger partial charge is 0.330 e. The Balaban J connectivity index is 0.00000162. The highest BCUT2D eigenvalue weighted by Crippen LogP contribution is 2.24. The van der Waals surface area contributed by atoms with E-state index in [1.54, 1.807) is 6.07 Å². The van der Waals surface area contributed by atoms with Crippen LogP contribution in [0.25, 0.3) is 0 Å². The van der Waals surface area contributed by atoms with Crippen molar-refractivity contribution in [2.75, 3.05) is 13.1 Å². The summed E-state index contributed by atoms with van der Waals surface area (Å²) in [5.41, 5.74) is 7.63. The second kappa shape index (κ2) is 6.50. The second-order valence-corrected chi connectivity index (χ2v) is 5.20. The number of benzene rings is 1. The first kappa shape index (κ1) is 15.4. The van der Waals surface area contributed by atoms with E-state index in [4.69, 9.17) is 5.73 Å². The number of rotatable bonds is 3. The van der Waals surface area contributed by atoms with Crippen LogP contribution < -0.4 is 5.73 Å². The number of nitrogens with zero attached hydrogens (tertiary/aromatic N) is 1. The van der Waals surface area contributed by atoms with Crippen LogP contribution in [0.15, 0.2) is 18.2 Å². The number of halogens is 2. The molecule has 0 spiro atoms. The van der Waals surface area contributed by atoms with E-state index in [-0.39, 0.29) is 18.2 Å². The van der Waals surface area contributed by atoms with E-state index in [0.29, 0.717) is 12.0 Å². The van der Waals surface area contributed by atoms with Gasteiger partial charge in [-0.05, 0) is 49.9 Å². The van der Waals surface area contributed by atoms with E-state index in [2.05, 4.69) is 11.8 Å². The first-order valence-electron chi connectivity index (χ1n) is 6.29. The normalized spacial score (nSPS) is 24.0. The number of aryl methyl sites for hydroxylation is 1. The molecule has 1 aliphatic heterocycles. The average molecular weight is 273 g/mol. The lowest BCUT2D eigenvalue weighted by molar-refractivity contribution is 0.256. The number of hydrogen-bond acceptors (Lipinski definition) is 2. The zero-order valence-corrected chi connectivity index (χ0v) is 11.8. The minimum atomic E-state index is -0.122. The predicted molar refractivity (Wildman–Crippen MR) is 75.4 cm³/mol. The van der Waals surface area contributed by atoms with E-state index in [9.17, 15) is 4.39 Å². The third-order valence-corrected chi connectivity index (χ3v) is 3.73. The molecular formula is C14H22ClFN2. The van der Waals surface area contributed by atoms with E-state index in [1.165, 1.54) is 12.0 Å². The molecule has 4 heteroatoms. The molecule has 0 bridgehead atoms. The molecule has 1 aliphatic rings. The summed E-state index contributed by atoms with van der Waals surface area (Å²) in [5, 5.41) is 0. The summed E-state index contributed by atoms with van der Waals surface area (Å²) >= 11 is 0. The van der Waals surface area contributed by atoms with Crippen molar-refractivity contribution in [3.63, 3.8) is 0 Å². The molecule has 2 nitrogen and oxygen atoms in total. The van der Waals surface area contributed by atoms with E-state index < -0.39 is 0 Å². The third-order valence-electron chi connectivity index (χ3n) is 3.73. The molecule has 1 heterocycles. The summed E-state index contributed by atoms with van der Waals surface area (Å²) in [6, 6.07) is 5.96. The summed E-state index contributed by atoms with van der Waals surface area (Å²) < 4.78 is 13.2. The van der Waals surface area contributed by atoms with Crippen molar-refractivity contribution in [1.82, 2.24) is 4.90 Å². The van der Waals surface area contributed by atoms with Gasteiger partial charge in [0.2, 0.25) is 0 Å². The molecule has 0 aromatic heterocycles. The first-order valence-corrected chi connectivity index (χ1v) is 6.29. The highest BCUT2D eigenvalue weighted by molar-refractivity contribution is 5.85. The minimum absolute atomic E-state index is 0. The molecule has 102 valence electrons. The molecule has 1 aromatic rings. The van der Waals surface area contributed by atoms with Gasteiger partial charge >= 0.3 is 0 Å². The topological polar surface area (TPSA) is 29.3 Å². The fourth-order valence-corrected chi connectivity index (χ4v) is 2.65. The van der Waals surface area contributed by atoms with Gasteiger partial charge in [0.25, 0.3) is 0 Å². The van der Waals surface area contributed by atoms with Crippen molar-refractivity contribution in [2.45, 2.75) is 32.9 Å². The number of likely N-dealkylation sites (tertiary alicyclic amines) is 1. The highest BCUT2D eigenvalue weighted by Gasteiger charge is 2.27. The van der Waals surface area contributed by atoms with Crippen molar-refractivity contribution in [1.29, 1.82) is 0 Å². The molecule has 2 atom stereocenters. The fraction of sp³-hybridized carbons (Fsp3) is 0.571. The number of nitrogens with two attached hydrogens (primary N) is 1. The van der Waals surface area contributed by atoms with Crippen molar-refractivity contribution in [3.05, 3.63) is 35.1 Å². The summed E-state index contributed by atoms with van der Waals surface area (Å²) in [7, 11) is 0. The van der Waals surface area contributed by atoms with Crippen LogP contribution in [0.4, 0.5) is 4.39 Å². The molecule has 0 saturated carbocycles. The van der Waals surface area contributed by atoms with Crippen molar-refractivity contribution < 1.29 is 4.39 Å². The van der Waals surface area contributed by atoms with Crippen LogP contribution in [0.5, 0.6) is 0 Å². The molecule has 1 aromatic carbocycles. The Labute approximate surface area is 115 Å². The summed E-state index contributed by atoms with van der Waals surface area (Å²) in [5.74, 6) is 0.495.